The zero-order valence-corrected chi connectivity index (χ0v) is 21.6. The van der Waals surface area contributed by atoms with Crippen LogP contribution in [0.3, 0.4) is 0 Å². The summed E-state index contributed by atoms with van der Waals surface area (Å²) in [5.41, 5.74) is 1.13. The first-order valence-corrected chi connectivity index (χ1v) is 12.4. The first kappa shape index (κ1) is 26.7. The largest absolute Gasteiger partial charge is 0.491 e. The number of hydrogen-bond donors (Lipinski definition) is 2. The highest BCUT2D eigenvalue weighted by Crippen LogP contribution is 2.41. The SMILES string of the molecule is CC(C)Oc1cccc(NC(=O)[C@@H]2C[C@H](c3ccn(C(C)(C)C)n3)[C@H](c3ccc(C(F)(F)F)cc3)N2)c1. The summed E-state index contributed by atoms with van der Waals surface area (Å²) in [6.45, 7) is 9.97. The molecule has 1 amide bonds. The van der Waals surface area contributed by atoms with Gasteiger partial charge < -0.3 is 10.1 Å². The predicted molar refractivity (Wildman–Crippen MR) is 137 cm³/mol. The fraction of sp³-hybridized carbons (Fsp3) is 0.429. The van der Waals surface area contributed by atoms with E-state index in [1.165, 1.54) is 12.1 Å². The second-order valence-corrected chi connectivity index (χ2v) is 10.7. The highest BCUT2D eigenvalue weighted by atomic mass is 19.4. The van der Waals surface area contributed by atoms with Crippen molar-refractivity contribution < 1.29 is 22.7 Å². The maximum atomic E-state index is 13.3. The lowest BCUT2D eigenvalue weighted by Crippen LogP contribution is -2.36. The molecule has 1 saturated heterocycles. The lowest BCUT2D eigenvalue weighted by Gasteiger charge is -2.21. The number of carbonyl (C=O) groups is 1. The molecule has 4 rings (SSSR count). The summed E-state index contributed by atoms with van der Waals surface area (Å²) in [5.74, 6) is 0.225. The molecule has 3 aromatic rings. The molecule has 6 nitrogen and oxygen atoms in total. The quantitative estimate of drug-likeness (QED) is 0.407. The molecule has 0 aliphatic carbocycles. The Morgan fingerprint density at radius 2 is 1.81 bits per heavy atom. The standard InChI is InChI=1S/C28H33F3N4O2/c1-17(2)37-21-8-6-7-20(15-21)32-26(36)24-16-22(23-13-14-35(34-23)27(3,4)5)25(33-24)18-9-11-19(12-10-18)28(29,30)31/h6-15,17,22,24-25,33H,16H2,1-5H3,(H,32,36)/t22-,24+,25+/m1/s1. The Labute approximate surface area is 215 Å². The summed E-state index contributed by atoms with van der Waals surface area (Å²) < 4.78 is 47.0. The molecule has 0 unspecified atom stereocenters. The van der Waals surface area contributed by atoms with Crippen molar-refractivity contribution in [2.24, 2.45) is 0 Å². The molecular formula is C28H33F3N4O2. The Bertz CT molecular complexity index is 1230. The average molecular weight is 515 g/mol. The number of nitrogens with one attached hydrogen (secondary N) is 2. The van der Waals surface area contributed by atoms with Crippen LogP contribution in [0.15, 0.2) is 60.8 Å². The molecule has 1 aliphatic rings. The van der Waals surface area contributed by atoms with Crippen LogP contribution in [0, 0.1) is 0 Å². The van der Waals surface area contributed by atoms with E-state index < -0.39 is 17.8 Å². The number of nitrogens with zero attached hydrogens (tertiary/aromatic N) is 2. The number of ether oxygens (including phenoxy) is 1. The van der Waals surface area contributed by atoms with E-state index >= 15 is 0 Å². The number of alkyl halides is 3. The molecule has 2 N–H and O–H groups in total. The smallest absolute Gasteiger partial charge is 0.416 e. The second kappa shape index (κ2) is 10.2. The number of rotatable bonds is 6. The number of halogens is 3. The Morgan fingerprint density at radius 3 is 2.41 bits per heavy atom. The molecule has 198 valence electrons. The molecule has 37 heavy (non-hydrogen) atoms. The van der Waals surface area contributed by atoms with Gasteiger partial charge in [-0.05, 0) is 76.9 Å². The van der Waals surface area contributed by atoms with Gasteiger partial charge in [0, 0.05) is 29.9 Å². The average Bonchev–Trinajstić information content (AvgIpc) is 3.46. The minimum Gasteiger partial charge on any atom is -0.491 e. The van der Waals surface area contributed by atoms with E-state index in [9.17, 15) is 18.0 Å². The fourth-order valence-corrected chi connectivity index (χ4v) is 4.53. The summed E-state index contributed by atoms with van der Waals surface area (Å²) in [5, 5.41) is 11.1. The molecule has 2 aromatic carbocycles. The van der Waals surface area contributed by atoms with Crippen LogP contribution in [0.2, 0.25) is 0 Å². The van der Waals surface area contributed by atoms with Crippen LogP contribution in [-0.4, -0.2) is 27.8 Å². The predicted octanol–water partition coefficient (Wildman–Crippen LogP) is 6.27. The van der Waals surface area contributed by atoms with Gasteiger partial charge in [0.15, 0.2) is 0 Å². The van der Waals surface area contributed by atoms with Crippen LogP contribution in [0.1, 0.15) is 69.8 Å². The third-order valence-corrected chi connectivity index (χ3v) is 6.34. The van der Waals surface area contributed by atoms with Crippen molar-refractivity contribution in [3.8, 4) is 5.75 Å². The summed E-state index contributed by atoms with van der Waals surface area (Å²) in [6, 6.07) is 13.3. The van der Waals surface area contributed by atoms with Crippen LogP contribution < -0.4 is 15.4 Å². The molecule has 1 aliphatic heterocycles. The van der Waals surface area contributed by atoms with E-state index in [4.69, 9.17) is 9.84 Å². The van der Waals surface area contributed by atoms with Crippen molar-refractivity contribution in [1.82, 2.24) is 15.1 Å². The van der Waals surface area contributed by atoms with E-state index in [1.54, 1.807) is 12.1 Å². The summed E-state index contributed by atoms with van der Waals surface area (Å²) in [4.78, 5) is 13.3. The zero-order chi connectivity index (χ0) is 27.0. The second-order valence-electron chi connectivity index (χ2n) is 10.7. The Kier molecular flexibility index (Phi) is 7.37. The number of benzene rings is 2. The van der Waals surface area contributed by atoms with Crippen LogP contribution in [0.25, 0.3) is 0 Å². The number of hydrogen-bond acceptors (Lipinski definition) is 4. The van der Waals surface area contributed by atoms with Crippen LogP contribution in [-0.2, 0) is 16.5 Å². The van der Waals surface area contributed by atoms with Gasteiger partial charge in [-0.2, -0.15) is 18.3 Å². The van der Waals surface area contributed by atoms with Gasteiger partial charge in [0.2, 0.25) is 5.91 Å². The van der Waals surface area contributed by atoms with Crippen molar-refractivity contribution >= 4 is 11.6 Å². The molecule has 1 fully saturated rings. The van der Waals surface area contributed by atoms with Gasteiger partial charge in [-0.25, -0.2) is 0 Å². The normalized spacial score (nSPS) is 20.3. The molecule has 0 radical (unpaired) electrons. The van der Waals surface area contributed by atoms with E-state index in [0.29, 0.717) is 23.4 Å². The molecule has 9 heteroatoms. The van der Waals surface area contributed by atoms with E-state index in [-0.39, 0.29) is 29.5 Å². The van der Waals surface area contributed by atoms with Gasteiger partial charge in [-0.15, -0.1) is 0 Å². The van der Waals surface area contributed by atoms with E-state index in [0.717, 1.165) is 17.8 Å². The van der Waals surface area contributed by atoms with Gasteiger partial charge in [0.1, 0.15) is 5.75 Å². The van der Waals surface area contributed by atoms with E-state index in [1.807, 2.05) is 63.7 Å². The van der Waals surface area contributed by atoms with Gasteiger partial charge in [-0.1, -0.05) is 18.2 Å². The van der Waals surface area contributed by atoms with E-state index in [2.05, 4.69) is 10.6 Å². The van der Waals surface area contributed by atoms with Gasteiger partial charge >= 0.3 is 6.18 Å². The van der Waals surface area contributed by atoms with Crippen LogP contribution in [0.4, 0.5) is 18.9 Å². The molecule has 1 aromatic heterocycles. The first-order valence-electron chi connectivity index (χ1n) is 12.4. The fourth-order valence-electron chi connectivity index (χ4n) is 4.53. The number of anilines is 1. The molecule has 3 atom stereocenters. The molecule has 0 spiro atoms. The Balaban J connectivity index is 1.59. The van der Waals surface area contributed by atoms with Crippen molar-refractivity contribution in [1.29, 1.82) is 0 Å². The maximum absolute atomic E-state index is 13.3. The minimum atomic E-state index is -4.41. The zero-order valence-electron chi connectivity index (χ0n) is 21.6. The molecular weight excluding hydrogens is 481 g/mol. The highest BCUT2D eigenvalue weighted by molar-refractivity contribution is 5.95. The monoisotopic (exact) mass is 514 g/mol. The molecule has 2 heterocycles. The third-order valence-electron chi connectivity index (χ3n) is 6.34. The summed E-state index contributed by atoms with van der Waals surface area (Å²) in [6.07, 6.45) is -2.07. The number of aromatic nitrogens is 2. The lowest BCUT2D eigenvalue weighted by molar-refractivity contribution is -0.137. The highest BCUT2D eigenvalue weighted by Gasteiger charge is 2.41. The molecule has 0 saturated carbocycles. The van der Waals surface area contributed by atoms with Gasteiger partial charge in [0.05, 0.1) is 28.9 Å². The number of amides is 1. The number of carbonyl (C=O) groups excluding carboxylic acids is 1. The van der Waals surface area contributed by atoms with Crippen LogP contribution in [0.5, 0.6) is 5.75 Å². The van der Waals surface area contributed by atoms with Crippen molar-refractivity contribution in [3.63, 3.8) is 0 Å². The third kappa shape index (κ3) is 6.33. The topological polar surface area (TPSA) is 68.2 Å². The van der Waals surface area contributed by atoms with Crippen LogP contribution >= 0.6 is 0 Å². The summed E-state index contributed by atoms with van der Waals surface area (Å²) >= 11 is 0. The minimum absolute atomic E-state index is 0.000561. The van der Waals surface area contributed by atoms with Crippen molar-refractivity contribution in [2.45, 2.75) is 76.9 Å². The van der Waals surface area contributed by atoms with Gasteiger partial charge in [-0.3, -0.25) is 14.8 Å². The van der Waals surface area contributed by atoms with Gasteiger partial charge in [0.25, 0.3) is 0 Å². The molecule has 0 bridgehead atoms. The first-order chi connectivity index (χ1) is 17.3. The Hall–Kier alpha value is -3.33. The Morgan fingerprint density at radius 1 is 1.11 bits per heavy atom. The van der Waals surface area contributed by atoms with Crippen molar-refractivity contribution in [3.05, 3.63) is 77.6 Å². The van der Waals surface area contributed by atoms with Crippen molar-refractivity contribution in [2.75, 3.05) is 5.32 Å². The summed E-state index contributed by atoms with van der Waals surface area (Å²) in [7, 11) is 0. The lowest BCUT2D eigenvalue weighted by atomic mass is 9.90. The maximum Gasteiger partial charge on any atom is 0.416 e.